The third kappa shape index (κ3) is 8.31. The van der Waals surface area contributed by atoms with Gasteiger partial charge < -0.3 is 19.3 Å². The third-order valence-electron chi connectivity index (χ3n) is 8.06. The van der Waals surface area contributed by atoms with E-state index in [-0.39, 0.29) is 18.4 Å². The van der Waals surface area contributed by atoms with Crippen LogP contribution in [0.2, 0.25) is 5.02 Å². The number of anilines is 1. The van der Waals surface area contributed by atoms with Crippen LogP contribution in [0.5, 0.6) is 0 Å². The minimum absolute atomic E-state index is 0.0217. The van der Waals surface area contributed by atoms with Crippen molar-refractivity contribution in [2.24, 2.45) is 0 Å². The van der Waals surface area contributed by atoms with Gasteiger partial charge in [0.15, 0.2) is 0 Å². The number of benzene rings is 3. The Morgan fingerprint density at radius 2 is 1.75 bits per heavy atom. The van der Waals surface area contributed by atoms with E-state index in [1.165, 1.54) is 0 Å². The molecule has 1 aromatic heterocycles. The van der Waals surface area contributed by atoms with E-state index in [0.717, 1.165) is 55.6 Å². The molecular weight excluding hydrogens is 591 g/mol. The molecule has 0 bridgehead atoms. The number of imidazole rings is 1. The molecule has 5 rings (SSSR count). The van der Waals surface area contributed by atoms with Crippen molar-refractivity contribution in [3.05, 3.63) is 95.0 Å². The van der Waals surface area contributed by atoms with E-state index in [9.17, 15) is 18.0 Å². The molecule has 1 atom stereocenters. The first-order chi connectivity index (χ1) is 21.2. The lowest BCUT2D eigenvalue weighted by Gasteiger charge is -2.28. The zero-order valence-corrected chi connectivity index (χ0v) is 25.5. The van der Waals surface area contributed by atoms with Gasteiger partial charge in [0.05, 0.1) is 17.6 Å². The van der Waals surface area contributed by atoms with Gasteiger partial charge in [-0.3, -0.25) is 9.53 Å². The van der Waals surface area contributed by atoms with Crippen molar-refractivity contribution >= 4 is 34.5 Å². The van der Waals surface area contributed by atoms with Gasteiger partial charge in [-0.05, 0) is 67.9 Å². The average molecular weight is 628 g/mol. The van der Waals surface area contributed by atoms with Crippen LogP contribution in [0.4, 0.5) is 19.1 Å². The summed E-state index contributed by atoms with van der Waals surface area (Å²) < 4.78 is 44.0. The first kappa shape index (κ1) is 31.8. The number of amides is 1. The van der Waals surface area contributed by atoms with Gasteiger partial charge in [-0.25, -0.2) is 4.98 Å². The highest BCUT2D eigenvalue weighted by molar-refractivity contribution is 6.30. The Morgan fingerprint density at radius 3 is 2.52 bits per heavy atom. The number of alkyl halides is 3. The number of carbonyl (C=O) groups is 1. The summed E-state index contributed by atoms with van der Waals surface area (Å²) in [4.78, 5) is 24.3. The summed E-state index contributed by atoms with van der Waals surface area (Å²) in [5, 5.41) is 0.665. The van der Waals surface area contributed by atoms with Crippen LogP contribution in [0, 0.1) is 0 Å². The van der Waals surface area contributed by atoms with Crippen LogP contribution < -0.4 is 4.90 Å². The average Bonchev–Trinajstić information content (AvgIpc) is 3.20. The van der Waals surface area contributed by atoms with E-state index in [4.69, 9.17) is 16.6 Å². The van der Waals surface area contributed by atoms with Crippen molar-refractivity contribution in [1.29, 1.82) is 0 Å². The Hall–Kier alpha value is -3.60. The first-order valence-corrected chi connectivity index (χ1v) is 15.2. The van der Waals surface area contributed by atoms with Gasteiger partial charge in [0, 0.05) is 56.3 Å². The maximum absolute atomic E-state index is 13.1. The zero-order chi connectivity index (χ0) is 31.1. The van der Waals surface area contributed by atoms with E-state index in [2.05, 4.69) is 20.6 Å². The van der Waals surface area contributed by atoms with Gasteiger partial charge >= 0.3 is 6.36 Å². The lowest BCUT2D eigenvalue weighted by molar-refractivity contribution is -0.325. The molecule has 1 aliphatic rings. The Kier molecular flexibility index (Phi) is 10.5. The van der Waals surface area contributed by atoms with Gasteiger partial charge in [0.1, 0.15) is 0 Å². The number of carbonyl (C=O) groups excluding carboxylic acids is 1. The maximum Gasteiger partial charge on any atom is 0.522 e. The SMILES string of the molecule is CN(CC(CCN1CCCN(c2nc3ccccc3n2CCOC(F)(F)F)CC1)c1cccc(Cl)c1)C(=O)c1ccccc1. The minimum atomic E-state index is -4.67. The van der Waals surface area contributed by atoms with E-state index in [1.807, 2.05) is 84.4 Å². The Morgan fingerprint density at radius 1 is 0.977 bits per heavy atom. The number of nitrogens with zero attached hydrogens (tertiary/aromatic N) is 5. The molecule has 0 spiro atoms. The van der Waals surface area contributed by atoms with Crippen molar-refractivity contribution < 1.29 is 22.7 Å². The molecular formula is C33H37ClF3N5O2. The third-order valence-corrected chi connectivity index (χ3v) is 8.30. The van der Waals surface area contributed by atoms with Crippen LogP contribution in [0.25, 0.3) is 11.0 Å². The molecule has 7 nitrogen and oxygen atoms in total. The fourth-order valence-corrected chi connectivity index (χ4v) is 6.05. The number of para-hydroxylation sites is 2. The number of fused-ring (bicyclic) bond motifs is 1. The molecule has 2 heterocycles. The molecule has 4 aromatic rings. The van der Waals surface area contributed by atoms with Crippen molar-refractivity contribution in [3.63, 3.8) is 0 Å². The lowest BCUT2D eigenvalue weighted by atomic mass is 9.94. The Labute approximate surface area is 260 Å². The maximum atomic E-state index is 13.1. The summed E-state index contributed by atoms with van der Waals surface area (Å²) in [7, 11) is 1.84. The molecule has 0 aliphatic carbocycles. The van der Waals surface area contributed by atoms with Crippen LogP contribution in [0.1, 0.15) is 34.7 Å². The summed E-state index contributed by atoms with van der Waals surface area (Å²) in [6.07, 6.45) is -2.96. The number of halogens is 4. The summed E-state index contributed by atoms with van der Waals surface area (Å²) in [6.45, 7) is 4.04. The van der Waals surface area contributed by atoms with Crippen molar-refractivity contribution in [2.75, 3.05) is 57.8 Å². The highest BCUT2D eigenvalue weighted by atomic mass is 35.5. The molecule has 11 heteroatoms. The van der Waals surface area contributed by atoms with Gasteiger partial charge in [0.25, 0.3) is 5.91 Å². The molecule has 1 unspecified atom stereocenters. The van der Waals surface area contributed by atoms with Gasteiger partial charge in [-0.15, -0.1) is 13.2 Å². The molecule has 0 radical (unpaired) electrons. The van der Waals surface area contributed by atoms with Crippen LogP contribution in [-0.4, -0.2) is 84.5 Å². The summed E-state index contributed by atoms with van der Waals surface area (Å²) in [6, 6.07) is 24.6. The fourth-order valence-electron chi connectivity index (χ4n) is 5.85. The normalized spacial score (nSPS) is 15.3. The van der Waals surface area contributed by atoms with Crippen LogP contribution in [0.3, 0.4) is 0 Å². The predicted octanol–water partition coefficient (Wildman–Crippen LogP) is 6.68. The number of aromatic nitrogens is 2. The van der Waals surface area contributed by atoms with Crippen LogP contribution >= 0.6 is 11.6 Å². The quantitative estimate of drug-likeness (QED) is 0.186. The van der Waals surface area contributed by atoms with E-state index in [1.54, 1.807) is 4.90 Å². The molecule has 234 valence electrons. The Bertz CT molecular complexity index is 1530. The standard InChI is InChI=1S/C33H37ClF3N5O2/c1-39(31(43)25-9-3-2-4-10-25)24-27(26-11-7-12-28(34)23-26)15-18-40-16-8-17-41(20-19-40)32-38-29-13-5-6-14-30(29)42(32)21-22-44-33(35,36)37/h2-7,9-14,23,27H,8,15-22,24H2,1H3. The summed E-state index contributed by atoms with van der Waals surface area (Å²) in [5.41, 5.74) is 3.28. The number of likely N-dealkylation sites (N-methyl/N-ethyl adjacent to an activating group) is 1. The lowest BCUT2D eigenvalue weighted by Crippen LogP contribution is -2.35. The van der Waals surface area contributed by atoms with E-state index < -0.39 is 13.0 Å². The van der Waals surface area contributed by atoms with Crippen LogP contribution in [-0.2, 0) is 11.3 Å². The summed E-state index contributed by atoms with van der Waals surface area (Å²) in [5.74, 6) is 0.729. The summed E-state index contributed by atoms with van der Waals surface area (Å²) >= 11 is 6.36. The second kappa shape index (κ2) is 14.5. The molecule has 0 saturated carbocycles. The second-order valence-electron chi connectivity index (χ2n) is 11.1. The molecule has 1 amide bonds. The van der Waals surface area contributed by atoms with Crippen molar-refractivity contribution in [2.45, 2.75) is 31.7 Å². The predicted molar refractivity (Wildman–Crippen MR) is 167 cm³/mol. The van der Waals surface area contributed by atoms with Crippen molar-refractivity contribution in [3.8, 4) is 0 Å². The molecule has 1 saturated heterocycles. The zero-order valence-electron chi connectivity index (χ0n) is 24.7. The van der Waals surface area contributed by atoms with Gasteiger partial charge in [-0.2, -0.15) is 0 Å². The molecule has 1 fully saturated rings. The molecule has 44 heavy (non-hydrogen) atoms. The van der Waals surface area contributed by atoms with E-state index in [0.29, 0.717) is 29.6 Å². The molecule has 3 aromatic carbocycles. The highest BCUT2D eigenvalue weighted by Gasteiger charge is 2.29. The largest absolute Gasteiger partial charge is 0.522 e. The molecule has 0 N–H and O–H groups in total. The highest BCUT2D eigenvalue weighted by Crippen LogP contribution is 2.27. The minimum Gasteiger partial charge on any atom is -0.341 e. The number of ether oxygens (including phenoxy) is 1. The Balaban J connectivity index is 1.25. The second-order valence-corrected chi connectivity index (χ2v) is 11.6. The van der Waals surface area contributed by atoms with Crippen molar-refractivity contribution in [1.82, 2.24) is 19.4 Å². The van der Waals surface area contributed by atoms with Gasteiger partial charge in [-0.1, -0.05) is 54.1 Å². The monoisotopic (exact) mass is 627 g/mol. The van der Waals surface area contributed by atoms with Gasteiger partial charge in [0.2, 0.25) is 5.95 Å². The topological polar surface area (TPSA) is 53.8 Å². The smallest absolute Gasteiger partial charge is 0.341 e. The number of hydrogen-bond donors (Lipinski definition) is 0. The van der Waals surface area contributed by atoms with Crippen LogP contribution in [0.15, 0.2) is 78.9 Å². The van der Waals surface area contributed by atoms with E-state index >= 15 is 0 Å². The number of hydrogen-bond acceptors (Lipinski definition) is 5. The fraction of sp³-hybridized carbons (Fsp3) is 0.394. The molecule has 1 aliphatic heterocycles. The number of rotatable bonds is 11. The first-order valence-electron chi connectivity index (χ1n) is 14.9.